The first-order valence-electron chi connectivity index (χ1n) is 17.5. The van der Waals surface area contributed by atoms with Crippen LogP contribution in [0.1, 0.15) is 55.7 Å². The van der Waals surface area contributed by atoms with Gasteiger partial charge in [0, 0.05) is 84.8 Å². The Kier molecular flexibility index (Phi) is 9.42. The van der Waals surface area contributed by atoms with E-state index >= 15 is 0 Å². The van der Waals surface area contributed by atoms with Crippen molar-refractivity contribution >= 4 is 57.4 Å². The molecule has 2 saturated heterocycles. The highest BCUT2D eigenvalue weighted by atomic mass is 35.5. The number of hydrogen-bond donors (Lipinski definition) is 3. The number of allylic oxidation sites excluding steroid dienone is 4. The number of fused-ring (bicyclic) bond motifs is 2. The molecule has 7 rings (SSSR count). The normalized spacial score (nSPS) is 19.3. The maximum Gasteiger partial charge on any atom is 0.224 e. The zero-order valence-electron chi connectivity index (χ0n) is 29.1. The minimum atomic E-state index is 0.185. The topological polar surface area (TPSA) is 86.2 Å². The van der Waals surface area contributed by atoms with Crippen LogP contribution >= 0.6 is 11.6 Å². The average molecular weight is 688 g/mol. The minimum absolute atomic E-state index is 0.185. The van der Waals surface area contributed by atoms with Gasteiger partial charge in [0.2, 0.25) is 5.95 Å². The molecule has 258 valence electrons. The summed E-state index contributed by atoms with van der Waals surface area (Å²) in [6.45, 7) is 19.3. The number of anilines is 5. The molecule has 0 saturated carbocycles. The van der Waals surface area contributed by atoms with Gasteiger partial charge in [-0.1, -0.05) is 37.4 Å². The highest BCUT2D eigenvalue weighted by molar-refractivity contribution is 6.32. The number of aromatic nitrogens is 4. The third-order valence-electron chi connectivity index (χ3n) is 10.2. The molecule has 2 unspecified atom stereocenters. The van der Waals surface area contributed by atoms with Crippen LogP contribution in [0.15, 0.2) is 97.7 Å². The molecule has 0 amide bonds. The van der Waals surface area contributed by atoms with Crippen LogP contribution in [0, 0.1) is 5.92 Å². The predicted molar refractivity (Wildman–Crippen MR) is 209 cm³/mol. The molecule has 9 nitrogen and oxygen atoms in total. The minimum Gasteiger partial charge on any atom is -0.371 e. The molecule has 5 heterocycles. The van der Waals surface area contributed by atoms with Gasteiger partial charge in [0.05, 0.1) is 17.4 Å². The standard InChI is InChI=1S/C40H46ClN9/c1-7-8-11-29-19-30-20-31(13-17-36(30)48(5)27(29)4)45-39-35(41)23-43-40(46-39)42-22-28-10-9-18-50(24-28)32-14-16-34-37(21-32)49(6)47-38(34)33-15-12-25(2)44-26(33)3/h7,13-14,16-17,19-21,23,28,33,44H,1-4,8-12,15,18,22,24H2,5-6H3,(H2,42,43,45,46). The first kappa shape index (κ1) is 33.5. The Hall–Kier alpha value is -5.02. The quantitative estimate of drug-likeness (QED) is 0.143. The summed E-state index contributed by atoms with van der Waals surface area (Å²) < 4.78 is 2.01. The van der Waals surface area contributed by atoms with Gasteiger partial charge in [0.25, 0.3) is 0 Å². The number of rotatable bonds is 10. The monoisotopic (exact) mass is 687 g/mol. The zero-order valence-corrected chi connectivity index (χ0v) is 29.9. The number of hydrogen-bond acceptors (Lipinski definition) is 8. The van der Waals surface area contributed by atoms with E-state index in [0.717, 1.165) is 103 Å². The fourth-order valence-electron chi connectivity index (χ4n) is 7.44. The van der Waals surface area contributed by atoms with Gasteiger partial charge in [0.15, 0.2) is 5.82 Å². The van der Waals surface area contributed by atoms with Crippen molar-refractivity contribution in [3.63, 3.8) is 0 Å². The van der Waals surface area contributed by atoms with Crippen molar-refractivity contribution in [2.24, 2.45) is 13.0 Å². The summed E-state index contributed by atoms with van der Waals surface area (Å²) in [5, 5.41) is 16.9. The van der Waals surface area contributed by atoms with Crippen molar-refractivity contribution in [3.8, 4) is 0 Å². The summed E-state index contributed by atoms with van der Waals surface area (Å²) in [5.74, 6) is 1.75. The Morgan fingerprint density at radius 3 is 2.78 bits per heavy atom. The number of piperidine rings is 2. The highest BCUT2D eigenvalue weighted by Crippen LogP contribution is 2.39. The Bertz CT molecular complexity index is 2020. The lowest BCUT2D eigenvalue weighted by Gasteiger charge is -2.34. The van der Waals surface area contributed by atoms with Gasteiger partial charge in [-0.15, -0.1) is 6.58 Å². The van der Waals surface area contributed by atoms with Crippen molar-refractivity contribution in [1.82, 2.24) is 25.1 Å². The van der Waals surface area contributed by atoms with E-state index in [1.807, 2.05) is 23.9 Å². The second-order valence-electron chi connectivity index (χ2n) is 13.7. The van der Waals surface area contributed by atoms with E-state index in [9.17, 15) is 0 Å². The van der Waals surface area contributed by atoms with E-state index in [1.54, 1.807) is 6.20 Å². The maximum absolute atomic E-state index is 6.58. The van der Waals surface area contributed by atoms with Crippen LogP contribution in [0.2, 0.25) is 5.02 Å². The third kappa shape index (κ3) is 6.74. The van der Waals surface area contributed by atoms with Crippen molar-refractivity contribution < 1.29 is 0 Å². The second-order valence-corrected chi connectivity index (χ2v) is 14.1. The van der Waals surface area contributed by atoms with E-state index < -0.39 is 0 Å². The van der Waals surface area contributed by atoms with E-state index in [1.165, 1.54) is 16.6 Å². The molecule has 0 aliphatic carbocycles. The molecule has 3 N–H and O–H groups in total. The van der Waals surface area contributed by atoms with Crippen LogP contribution in [0.4, 0.5) is 28.8 Å². The summed E-state index contributed by atoms with van der Waals surface area (Å²) >= 11 is 6.58. The fraction of sp³-hybridized carbons (Fsp3) is 0.325. The van der Waals surface area contributed by atoms with E-state index in [2.05, 4.69) is 101 Å². The van der Waals surface area contributed by atoms with Crippen LogP contribution in [0.5, 0.6) is 0 Å². The van der Waals surface area contributed by atoms with Gasteiger partial charge in [-0.25, -0.2) is 4.98 Å². The summed E-state index contributed by atoms with van der Waals surface area (Å²) in [4.78, 5) is 13.9. The average Bonchev–Trinajstić information content (AvgIpc) is 3.44. The van der Waals surface area contributed by atoms with Crippen LogP contribution in [-0.4, -0.2) is 46.4 Å². The van der Waals surface area contributed by atoms with Crippen molar-refractivity contribution in [3.05, 3.63) is 114 Å². The van der Waals surface area contributed by atoms with Gasteiger partial charge >= 0.3 is 0 Å². The molecule has 0 spiro atoms. The van der Waals surface area contributed by atoms with Gasteiger partial charge in [0.1, 0.15) is 5.02 Å². The molecule has 2 atom stereocenters. The molecule has 2 aromatic carbocycles. The van der Waals surface area contributed by atoms with Gasteiger partial charge in [-0.2, -0.15) is 10.1 Å². The maximum atomic E-state index is 6.58. The first-order chi connectivity index (χ1) is 24.2. The molecular formula is C40H46ClN9. The number of likely N-dealkylation sites (N-methyl/N-ethyl adjacent to an activating group) is 1. The molecule has 2 aromatic heterocycles. The van der Waals surface area contributed by atoms with E-state index in [4.69, 9.17) is 21.7 Å². The van der Waals surface area contributed by atoms with Gasteiger partial charge in [-0.3, -0.25) is 4.68 Å². The molecule has 3 aliphatic heterocycles. The number of nitrogens with zero attached hydrogens (tertiary/aromatic N) is 6. The highest BCUT2D eigenvalue weighted by Gasteiger charge is 2.27. The molecule has 10 heteroatoms. The molecular weight excluding hydrogens is 642 g/mol. The van der Waals surface area contributed by atoms with E-state index in [0.29, 0.717) is 22.7 Å². The molecule has 50 heavy (non-hydrogen) atoms. The second kappa shape index (κ2) is 14.1. The van der Waals surface area contributed by atoms with Crippen LogP contribution in [0.25, 0.3) is 17.0 Å². The molecule has 0 bridgehead atoms. The summed E-state index contributed by atoms with van der Waals surface area (Å²) in [6.07, 6.45) is 11.8. The number of benzene rings is 2. The number of nitrogens with one attached hydrogen (secondary N) is 3. The molecule has 2 fully saturated rings. The Morgan fingerprint density at radius 1 is 1.10 bits per heavy atom. The van der Waals surface area contributed by atoms with Crippen molar-refractivity contribution in [2.45, 2.75) is 44.4 Å². The first-order valence-corrected chi connectivity index (χ1v) is 17.8. The van der Waals surface area contributed by atoms with Crippen LogP contribution in [-0.2, 0) is 7.05 Å². The Labute approximate surface area is 300 Å². The Balaban J connectivity index is 1.01. The lowest BCUT2D eigenvalue weighted by molar-refractivity contribution is 0.431. The van der Waals surface area contributed by atoms with Crippen LogP contribution < -0.4 is 25.8 Å². The van der Waals surface area contributed by atoms with E-state index in [-0.39, 0.29) is 5.92 Å². The number of aryl methyl sites for hydroxylation is 1. The van der Waals surface area contributed by atoms with Gasteiger partial charge in [-0.05, 0) is 92.5 Å². The lowest BCUT2D eigenvalue weighted by atomic mass is 9.90. The summed E-state index contributed by atoms with van der Waals surface area (Å²) in [6, 6.07) is 13.0. The zero-order chi connectivity index (χ0) is 34.9. The van der Waals surface area contributed by atoms with Crippen LogP contribution in [0.3, 0.4) is 0 Å². The third-order valence-corrected chi connectivity index (χ3v) is 10.5. The van der Waals surface area contributed by atoms with Crippen molar-refractivity contribution in [2.75, 3.05) is 47.1 Å². The fourth-order valence-corrected chi connectivity index (χ4v) is 7.58. The number of halogens is 1. The SMILES string of the molecule is C=CCCC1=Cc2cc(Nc3nc(NCC4CCCN(c5ccc6c(C7CCC(=C)NC7=C)nn(C)c6c5)C4)ncc3Cl)ccc2N(C)C1=C. The molecule has 3 aliphatic rings. The van der Waals surface area contributed by atoms with Crippen molar-refractivity contribution in [1.29, 1.82) is 0 Å². The Morgan fingerprint density at radius 2 is 1.96 bits per heavy atom. The smallest absolute Gasteiger partial charge is 0.224 e. The van der Waals surface area contributed by atoms with Gasteiger partial charge < -0.3 is 25.8 Å². The summed E-state index contributed by atoms with van der Waals surface area (Å²) in [5.41, 5.74) is 10.8. The largest absolute Gasteiger partial charge is 0.371 e. The summed E-state index contributed by atoms with van der Waals surface area (Å²) in [7, 11) is 4.09. The lowest BCUT2D eigenvalue weighted by Crippen LogP contribution is -2.38. The molecule has 0 radical (unpaired) electrons. The molecule has 4 aromatic rings. The predicted octanol–water partition coefficient (Wildman–Crippen LogP) is 8.90.